The number of carbonyl (C=O) groups is 1. The fraction of sp³-hybridized carbons (Fsp3) is 0.375. The molecule has 0 amide bonds. The second kappa shape index (κ2) is 7.50. The van der Waals surface area contributed by atoms with Crippen molar-refractivity contribution in [3.63, 3.8) is 0 Å². The summed E-state index contributed by atoms with van der Waals surface area (Å²) in [5, 5.41) is 9.38. The van der Waals surface area contributed by atoms with E-state index in [0.29, 0.717) is 0 Å². The van der Waals surface area contributed by atoms with Crippen LogP contribution in [0.2, 0.25) is 0 Å². The maximum absolute atomic E-state index is 12.7. The molecule has 2 atom stereocenters. The zero-order valence-corrected chi connectivity index (χ0v) is 17.5. The predicted molar refractivity (Wildman–Crippen MR) is 104 cm³/mol. The quantitative estimate of drug-likeness (QED) is 0.388. The normalized spacial score (nSPS) is 25.4. The molecule has 0 fully saturated rings. The lowest BCUT2D eigenvalue weighted by atomic mass is 9.79. The molecule has 0 spiro atoms. The fourth-order valence-electron chi connectivity index (χ4n) is 2.56. The van der Waals surface area contributed by atoms with Gasteiger partial charge in [-0.25, -0.2) is 0 Å². The van der Waals surface area contributed by atoms with Gasteiger partial charge < -0.3 is 0 Å². The number of non-ortho nitro benzene ring substituents is 1. The van der Waals surface area contributed by atoms with Gasteiger partial charge in [0.15, 0.2) is 5.78 Å². The summed E-state index contributed by atoms with van der Waals surface area (Å²) in [5.74, 6) is -1.08. The highest BCUT2D eigenvalue weighted by Gasteiger charge is 2.53. The molecule has 0 saturated heterocycles. The van der Waals surface area contributed by atoms with E-state index in [2.05, 4.69) is 4.40 Å². The Morgan fingerprint density at radius 3 is 2.44 bits per heavy atom. The van der Waals surface area contributed by atoms with Gasteiger partial charge in [-0.2, -0.15) is 12.8 Å². The van der Waals surface area contributed by atoms with Gasteiger partial charge >= 0.3 is 0 Å². The van der Waals surface area contributed by atoms with Crippen molar-refractivity contribution in [3.8, 4) is 0 Å². The van der Waals surface area contributed by atoms with E-state index in [9.17, 15) is 23.3 Å². The standard InChI is InChI=1S/C16H15Cl3N2O5S/c1-8(2)16(19)14(18)13(9(3)12(17)15(16)22)20-27(25,26)11-6-4-5-10(7-11)21(23)24/h4-8,14H,1-3H3. The van der Waals surface area contributed by atoms with Crippen molar-refractivity contribution in [2.45, 2.75) is 35.9 Å². The van der Waals surface area contributed by atoms with Gasteiger partial charge in [0, 0.05) is 12.1 Å². The molecule has 0 saturated carbocycles. The molecule has 0 N–H and O–H groups in total. The van der Waals surface area contributed by atoms with Crippen molar-refractivity contribution in [2.24, 2.45) is 10.3 Å². The Kier molecular flexibility index (Phi) is 6.06. The van der Waals surface area contributed by atoms with Crippen molar-refractivity contribution in [1.29, 1.82) is 0 Å². The first-order valence-corrected chi connectivity index (χ1v) is 10.3. The molecule has 146 valence electrons. The predicted octanol–water partition coefficient (Wildman–Crippen LogP) is 4.06. The van der Waals surface area contributed by atoms with E-state index in [1.165, 1.54) is 19.1 Å². The molecule has 11 heteroatoms. The number of nitrogens with zero attached hydrogens (tertiary/aromatic N) is 2. The lowest BCUT2D eigenvalue weighted by molar-refractivity contribution is -0.385. The number of halogens is 3. The zero-order chi connectivity index (χ0) is 20.7. The summed E-state index contributed by atoms with van der Waals surface area (Å²) < 4.78 is 29.1. The number of carbonyl (C=O) groups excluding carboxylic acids is 1. The van der Waals surface area contributed by atoms with Crippen LogP contribution in [0.3, 0.4) is 0 Å². The molecule has 0 bridgehead atoms. The number of nitro groups is 1. The van der Waals surface area contributed by atoms with E-state index in [4.69, 9.17) is 34.8 Å². The molecule has 1 aliphatic carbocycles. The molecule has 0 aliphatic heterocycles. The second-order valence-electron chi connectivity index (χ2n) is 6.26. The zero-order valence-electron chi connectivity index (χ0n) is 14.4. The minimum absolute atomic E-state index is 0.0904. The van der Waals surface area contributed by atoms with Crippen LogP contribution in [0.4, 0.5) is 5.69 Å². The molecule has 0 radical (unpaired) electrons. The van der Waals surface area contributed by atoms with Crippen LogP contribution in [0.15, 0.2) is 44.2 Å². The molecular weight excluding hydrogens is 439 g/mol. The highest BCUT2D eigenvalue weighted by molar-refractivity contribution is 7.90. The van der Waals surface area contributed by atoms with Gasteiger partial charge in [0.1, 0.15) is 10.3 Å². The Hall–Kier alpha value is -1.48. The van der Waals surface area contributed by atoms with E-state index in [-0.39, 0.29) is 16.3 Å². The third kappa shape index (κ3) is 3.76. The molecule has 2 unspecified atom stereocenters. The molecule has 1 aliphatic rings. The minimum atomic E-state index is -4.36. The van der Waals surface area contributed by atoms with Crippen molar-refractivity contribution in [2.75, 3.05) is 0 Å². The molecule has 2 rings (SSSR count). The average Bonchev–Trinajstić information content (AvgIpc) is 2.61. The molecule has 1 aromatic carbocycles. The lowest BCUT2D eigenvalue weighted by Gasteiger charge is -2.38. The Morgan fingerprint density at radius 1 is 1.33 bits per heavy atom. The fourth-order valence-corrected chi connectivity index (χ4v) is 4.81. The Bertz CT molecular complexity index is 988. The maximum atomic E-state index is 12.7. The Labute approximate surface area is 171 Å². The molecule has 27 heavy (non-hydrogen) atoms. The van der Waals surface area contributed by atoms with Gasteiger partial charge in [0.2, 0.25) is 0 Å². The van der Waals surface area contributed by atoms with Gasteiger partial charge in [-0.05, 0) is 24.5 Å². The van der Waals surface area contributed by atoms with E-state index in [1.54, 1.807) is 13.8 Å². The summed E-state index contributed by atoms with van der Waals surface area (Å²) in [6.07, 6.45) is 0. The number of nitro benzene ring substituents is 1. The number of hydrogen-bond acceptors (Lipinski definition) is 5. The summed E-state index contributed by atoms with van der Waals surface area (Å²) in [5.41, 5.74) is -0.485. The van der Waals surface area contributed by atoms with Crippen molar-refractivity contribution in [1.82, 2.24) is 0 Å². The average molecular weight is 454 g/mol. The molecular formula is C16H15Cl3N2O5S. The first-order valence-electron chi connectivity index (χ1n) is 7.67. The van der Waals surface area contributed by atoms with E-state index in [1.807, 2.05) is 0 Å². The van der Waals surface area contributed by atoms with Crippen LogP contribution in [-0.4, -0.2) is 35.1 Å². The number of rotatable bonds is 4. The van der Waals surface area contributed by atoms with Gasteiger partial charge in [0.25, 0.3) is 15.7 Å². The topological polar surface area (TPSA) is 107 Å². The van der Waals surface area contributed by atoms with Gasteiger partial charge in [-0.3, -0.25) is 14.9 Å². The summed E-state index contributed by atoms with van der Waals surface area (Å²) >= 11 is 18.9. The summed E-state index contributed by atoms with van der Waals surface area (Å²) in [7, 11) is -4.36. The van der Waals surface area contributed by atoms with Crippen LogP contribution in [0, 0.1) is 16.0 Å². The molecule has 7 nitrogen and oxygen atoms in total. The highest BCUT2D eigenvalue weighted by atomic mass is 35.5. The minimum Gasteiger partial charge on any atom is -0.291 e. The van der Waals surface area contributed by atoms with Crippen molar-refractivity contribution in [3.05, 3.63) is 45.0 Å². The van der Waals surface area contributed by atoms with Gasteiger partial charge in [-0.1, -0.05) is 31.5 Å². The van der Waals surface area contributed by atoms with Crippen LogP contribution in [0.5, 0.6) is 0 Å². The third-order valence-corrected chi connectivity index (χ3v) is 7.49. The number of sulfonamides is 1. The van der Waals surface area contributed by atoms with E-state index >= 15 is 0 Å². The number of alkyl halides is 2. The number of hydrogen-bond donors (Lipinski definition) is 0. The number of ketones is 1. The van der Waals surface area contributed by atoms with Crippen LogP contribution in [-0.2, 0) is 14.8 Å². The SMILES string of the molecule is CC1=C(Cl)C(=O)C(Cl)(C(C)C)C(Cl)C1=NS(=O)(=O)c1cccc([N+](=O)[O-])c1. The monoisotopic (exact) mass is 452 g/mol. The first kappa shape index (κ1) is 21.8. The van der Waals surface area contributed by atoms with Crippen LogP contribution < -0.4 is 0 Å². The Morgan fingerprint density at radius 2 is 1.93 bits per heavy atom. The highest BCUT2D eigenvalue weighted by Crippen LogP contribution is 2.43. The summed E-state index contributed by atoms with van der Waals surface area (Å²) in [6.45, 7) is 4.71. The largest absolute Gasteiger partial charge is 0.291 e. The summed E-state index contributed by atoms with van der Waals surface area (Å²) in [4.78, 5) is 20.6. The number of benzene rings is 1. The van der Waals surface area contributed by atoms with Crippen molar-refractivity contribution < 1.29 is 18.1 Å². The Balaban J connectivity index is 2.67. The molecule has 1 aromatic rings. The molecule has 0 aromatic heterocycles. The van der Waals surface area contributed by atoms with E-state index in [0.717, 1.165) is 12.1 Å². The van der Waals surface area contributed by atoms with Gasteiger partial charge in [-0.15, -0.1) is 23.2 Å². The number of allylic oxidation sites excluding steroid dienone is 2. The second-order valence-corrected chi connectivity index (χ2v) is 9.30. The van der Waals surface area contributed by atoms with Crippen LogP contribution in [0.25, 0.3) is 0 Å². The van der Waals surface area contributed by atoms with Gasteiger partial charge in [0.05, 0.1) is 20.6 Å². The summed E-state index contributed by atoms with van der Waals surface area (Å²) in [6, 6.07) is 4.43. The first-order chi connectivity index (χ1) is 12.3. The van der Waals surface area contributed by atoms with Crippen LogP contribution in [0.1, 0.15) is 20.8 Å². The molecule has 0 heterocycles. The van der Waals surface area contributed by atoms with Crippen molar-refractivity contribution >= 4 is 62.0 Å². The third-order valence-electron chi connectivity index (χ3n) is 4.25. The van der Waals surface area contributed by atoms with E-state index < -0.39 is 47.5 Å². The lowest BCUT2D eigenvalue weighted by Crippen LogP contribution is -2.53. The van der Waals surface area contributed by atoms with Crippen LogP contribution >= 0.6 is 34.8 Å². The maximum Gasteiger partial charge on any atom is 0.282 e. The smallest absolute Gasteiger partial charge is 0.282 e. The number of Topliss-reactive ketones (excluding diaryl/α,β-unsaturated/α-hetero) is 1.